The predicted molar refractivity (Wildman–Crippen MR) is 73.8 cm³/mol. The van der Waals surface area contributed by atoms with Crippen LogP contribution in [-0.4, -0.2) is 5.11 Å². The summed E-state index contributed by atoms with van der Waals surface area (Å²) in [4.78, 5) is 0. The van der Waals surface area contributed by atoms with E-state index in [0.29, 0.717) is 12.8 Å². The summed E-state index contributed by atoms with van der Waals surface area (Å²) in [5.74, 6) is -0.436. The summed E-state index contributed by atoms with van der Waals surface area (Å²) in [5, 5.41) is 10.9. The third-order valence-corrected chi connectivity index (χ3v) is 4.11. The van der Waals surface area contributed by atoms with Crippen LogP contribution in [-0.2, 0) is 18.4 Å². The van der Waals surface area contributed by atoms with Crippen LogP contribution in [0.4, 0.5) is 4.39 Å². The summed E-state index contributed by atoms with van der Waals surface area (Å²) in [5.41, 5.74) is 2.02. The minimum Gasteiger partial charge on any atom is -0.385 e. The van der Waals surface area contributed by atoms with Gasteiger partial charge in [-0.2, -0.15) is 0 Å². The first kappa shape index (κ1) is 12.6. The highest BCUT2D eigenvalue weighted by atomic mass is 35.5. The Hall–Kier alpha value is -1.38. The Morgan fingerprint density at radius 1 is 1.21 bits per heavy atom. The molecule has 1 atom stereocenters. The van der Waals surface area contributed by atoms with Gasteiger partial charge in [-0.1, -0.05) is 41.9 Å². The van der Waals surface area contributed by atoms with E-state index in [-0.39, 0.29) is 5.02 Å². The smallest absolute Gasteiger partial charge is 0.142 e. The van der Waals surface area contributed by atoms with Crippen molar-refractivity contribution in [2.45, 2.75) is 24.9 Å². The SMILES string of the molecule is OC1(Cc2ccc(Cl)c(F)c2)CCc2ccccc21. The first-order chi connectivity index (χ1) is 9.08. The molecule has 0 saturated carbocycles. The van der Waals surface area contributed by atoms with Crippen LogP contribution in [0, 0.1) is 5.82 Å². The summed E-state index contributed by atoms with van der Waals surface area (Å²) < 4.78 is 13.5. The van der Waals surface area contributed by atoms with Crippen molar-refractivity contribution in [1.29, 1.82) is 0 Å². The van der Waals surface area contributed by atoms with E-state index in [0.717, 1.165) is 17.5 Å². The Kier molecular flexibility index (Phi) is 3.08. The molecule has 2 aromatic rings. The van der Waals surface area contributed by atoms with Gasteiger partial charge in [-0.3, -0.25) is 0 Å². The molecule has 0 aliphatic heterocycles. The molecule has 98 valence electrons. The van der Waals surface area contributed by atoms with E-state index in [2.05, 4.69) is 0 Å². The van der Waals surface area contributed by atoms with Crippen LogP contribution in [0.3, 0.4) is 0 Å². The van der Waals surface area contributed by atoms with E-state index in [1.165, 1.54) is 17.7 Å². The van der Waals surface area contributed by atoms with Crippen molar-refractivity contribution in [1.82, 2.24) is 0 Å². The van der Waals surface area contributed by atoms with Crippen LogP contribution in [0.2, 0.25) is 5.02 Å². The molecule has 1 nitrogen and oxygen atoms in total. The number of aliphatic hydroxyl groups is 1. The van der Waals surface area contributed by atoms with Crippen molar-refractivity contribution in [3.8, 4) is 0 Å². The molecule has 3 rings (SSSR count). The molecule has 1 aliphatic rings. The number of aryl methyl sites for hydroxylation is 1. The van der Waals surface area contributed by atoms with E-state index in [1.54, 1.807) is 6.07 Å². The van der Waals surface area contributed by atoms with Crippen molar-refractivity contribution < 1.29 is 9.50 Å². The highest BCUT2D eigenvalue weighted by molar-refractivity contribution is 6.30. The molecule has 0 spiro atoms. The largest absolute Gasteiger partial charge is 0.385 e. The normalized spacial score (nSPS) is 21.4. The molecule has 1 aliphatic carbocycles. The van der Waals surface area contributed by atoms with Crippen LogP contribution in [0.15, 0.2) is 42.5 Å². The predicted octanol–water partition coefficient (Wildman–Crippen LogP) is 3.86. The molecule has 0 radical (unpaired) electrons. The van der Waals surface area contributed by atoms with E-state index < -0.39 is 11.4 Å². The van der Waals surface area contributed by atoms with Crippen molar-refractivity contribution in [3.63, 3.8) is 0 Å². The summed E-state index contributed by atoms with van der Waals surface area (Å²) in [7, 11) is 0. The second-order valence-corrected chi connectivity index (χ2v) is 5.52. The van der Waals surface area contributed by atoms with Gasteiger partial charge >= 0.3 is 0 Å². The maximum absolute atomic E-state index is 13.5. The molecule has 2 aromatic carbocycles. The van der Waals surface area contributed by atoms with Gasteiger partial charge in [-0.15, -0.1) is 0 Å². The monoisotopic (exact) mass is 276 g/mol. The Bertz CT molecular complexity index is 626. The molecule has 3 heteroatoms. The van der Waals surface area contributed by atoms with E-state index in [4.69, 9.17) is 11.6 Å². The topological polar surface area (TPSA) is 20.2 Å². The average molecular weight is 277 g/mol. The average Bonchev–Trinajstić information content (AvgIpc) is 2.73. The van der Waals surface area contributed by atoms with Crippen molar-refractivity contribution in [2.75, 3.05) is 0 Å². The van der Waals surface area contributed by atoms with E-state index in [9.17, 15) is 9.50 Å². The fourth-order valence-electron chi connectivity index (χ4n) is 2.84. The van der Waals surface area contributed by atoms with Gasteiger partial charge in [0, 0.05) is 6.42 Å². The highest BCUT2D eigenvalue weighted by Crippen LogP contribution is 2.39. The number of fused-ring (bicyclic) bond motifs is 1. The zero-order valence-corrected chi connectivity index (χ0v) is 11.1. The molecule has 0 bridgehead atoms. The van der Waals surface area contributed by atoms with Gasteiger partial charge in [0.05, 0.1) is 10.6 Å². The van der Waals surface area contributed by atoms with Crippen LogP contribution in [0.1, 0.15) is 23.1 Å². The molecule has 0 saturated heterocycles. The molecule has 1 N–H and O–H groups in total. The maximum Gasteiger partial charge on any atom is 0.142 e. The lowest BCUT2D eigenvalue weighted by atomic mass is 9.89. The lowest BCUT2D eigenvalue weighted by Gasteiger charge is -2.24. The Morgan fingerprint density at radius 2 is 2.00 bits per heavy atom. The first-order valence-electron chi connectivity index (χ1n) is 6.33. The first-order valence-corrected chi connectivity index (χ1v) is 6.71. The second kappa shape index (κ2) is 4.62. The number of hydrogen-bond acceptors (Lipinski definition) is 1. The van der Waals surface area contributed by atoms with Gasteiger partial charge in [0.1, 0.15) is 5.82 Å². The third-order valence-electron chi connectivity index (χ3n) is 3.81. The lowest BCUT2D eigenvalue weighted by molar-refractivity contribution is 0.0389. The quantitative estimate of drug-likeness (QED) is 0.883. The van der Waals surface area contributed by atoms with Crippen LogP contribution in [0.5, 0.6) is 0 Å². The van der Waals surface area contributed by atoms with E-state index >= 15 is 0 Å². The van der Waals surface area contributed by atoms with Crippen LogP contribution >= 0.6 is 11.6 Å². The van der Waals surface area contributed by atoms with Crippen LogP contribution < -0.4 is 0 Å². The third kappa shape index (κ3) is 2.26. The summed E-state index contributed by atoms with van der Waals surface area (Å²) in [6.07, 6.45) is 1.96. The summed E-state index contributed by atoms with van der Waals surface area (Å²) in [6.45, 7) is 0. The fraction of sp³-hybridized carbons (Fsp3) is 0.250. The maximum atomic E-state index is 13.5. The Morgan fingerprint density at radius 3 is 2.79 bits per heavy atom. The molecule has 0 amide bonds. The molecular formula is C16H14ClFO. The fourth-order valence-corrected chi connectivity index (χ4v) is 2.96. The zero-order valence-electron chi connectivity index (χ0n) is 10.4. The van der Waals surface area contributed by atoms with E-state index in [1.807, 2.05) is 24.3 Å². The van der Waals surface area contributed by atoms with Gasteiger partial charge < -0.3 is 5.11 Å². The summed E-state index contributed by atoms with van der Waals surface area (Å²) in [6, 6.07) is 12.6. The van der Waals surface area contributed by atoms with Gasteiger partial charge in [-0.05, 0) is 41.7 Å². The second-order valence-electron chi connectivity index (χ2n) is 5.11. The molecule has 19 heavy (non-hydrogen) atoms. The number of rotatable bonds is 2. The van der Waals surface area contributed by atoms with Crippen LogP contribution in [0.25, 0.3) is 0 Å². The standard InChI is InChI=1S/C16H14ClFO/c17-14-6-5-11(9-15(14)18)10-16(19)8-7-12-3-1-2-4-13(12)16/h1-6,9,19H,7-8,10H2. The number of hydrogen-bond donors (Lipinski definition) is 1. The summed E-state index contributed by atoms with van der Waals surface area (Å²) >= 11 is 5.68. The molecule has 0 fully saturated rings. The molecule has 0 heterocycles. The molecular weight excluding hydrogens is 263 g/mol. The number of halogens is 2. The highest BCUT2D eigenvalue weighted by Gasteiger charge is 2.36. The van der Waals surface area contributed by atoms with Gasteiger partial charge in [0.25, 0.3) is 0 Å². The Labute approximate surface area is 116 Å². The van der Waals surface area contributed by atoms with Crippen molar-refractivity contribution in [2.24, 2.45) is 0 Å². The lowest BCUT2D eigenvalue weighted by Crippen LogP contribution is -2.25. The zero-order chi connectivity index (χ0) is 13.5. The minimum atomic E-state index is -0.892. The minimum absolute atomic E-state index is 0.113. The molecule has 1 unspecified atom stereocenters. The van der Waals surface area contributed by atoms with Gasteiger partial charge in [0.15, 0.2) is 0 Å². The van der Waals surface area contributed by atoms with Gasteiger partial charge in [-0.25, -0.2) is 4.39 Å². The van der Waals surface area contributed by atoms with Crippen molar-refractivity contribution in [3.05, 3.63) is 70.0 Å². The molecule has 0 aromatic heterocycles. The van der Waals surface area contributed by atoms with Gasteiger partial charge in [0.2, 0.25) is 0 Å². The Balaban J connectivity index is 1.93. The number of benzene rings is 2. The van der Waals surface area contributed by atoms with Crippen molar-refractivity contribution >= 4 is 11.6 Å².